The lowest BCUT2D eigenvalue weighted by Crippen LogP contribution is -2.17. The van der Waals surface area contributed by atoms with Crippen LogP contribution < -0.4 is 4.74 Å². The summed E-state index contributed by atoms with van der Waals surface area (Å²) in [6.45, 7) is 0. The van der Waals surface area contributed by atoms with E-state index >= 15 is 0 Å². The highest BCUT2D eigenvalue weighted by Crippen LogP contribution is 2.31. The van der Waals surface area contributed by atoms with Crippen LogP contribution in [0.25, 0.3) is 0 Å². The molecule has 0 saturated carbocycles. The van der Waals surface area contributed by atoms with Crippen LogP contribution in [0.3, 0.4) is 0 Å². The second kappa shape index (κ2) is 5.26. The molecule has 0 spiro atoms. The first-order valence-corrected chi connectivity index (χ1v) is 5.93. The number of aliphatic hydroxyl groups excluding tert-OH is 1. The predicted molar refractivity (Wildman–Crippen MR) is 63.6 cm³/mol. The van der Waals surface area contributed by atoms with Crippen LogP contribution in [0.1, 0.15) is 17.4 Å². The minimum Gasteiger partial charge on any atom is -0.465 e. The maximum Gasteiger partial charge on any atom is 0.573 e. The van der Waals surface area contributed by atoms with E-state index in [-0.39, 0.29) is 11.5 Å². The molecule has 7 heteroatoms. The lowest BCUT2D eigenvalue weighted by atomic mass is 10.1. The van der Waals surface area contributed by atoms with Crippen molar-refractivity contribution in [2.75, 3.05) is 0 Å². The van der Waals surface area contributed by atoms with Gasteiger partial charge in [0.2, 0.25) is 0 Å². The molecule has 0 aliphatic carbocycles. The number of benzene rings is 1. The van der Waals surface area contributed by atoms with Crippen LogP contribution in [0.5, 0.6) is 5.75 Å². The van der Waals surface area contributed by atoms with E-state index in [0.717, 1.165) is 12.1 Å². The number of aliphatic hydroxyl groups is 1. The summed E-state index contributed by atoms with van der Waals surface area (Å²) in [5.41, 5.74) is 0.394. The number of halogens is 4. The van der Waals surface area contributed by atoms with E-state index in [1.807, 2.05) is 0 Å². The van der Waals surface area contributed by atoms with Crippen LogP contribution in [0.2, 0.25) is 0 Å². The number of furan rings is 1. The summed E-state index contributed by atoms with van der Waals surface area (Å²) in [4.78, 5) is 0. The highest BCUT2D eigenvalue weighted by molar-refractivity contribution is 9.10. The number of hydrogen-bond acceptors (Lipinski definition) is 3. The summed E-state index contributed by atoms with van der Waals surface area (Å²) < 4.78 is 45.4. The van der Waals surface area contributed by atoms with Gasteiger partial charge in [-0.15, -0.1) is 13.2 Å². The molecule has 1 N–H and O–H groups in total. The van der Waals surface area contributed by atoms with Crippen molar-refractivity contribution in [3.63, 3.8) is 0 Å². The van der Waals surface area contributed by atoms with Crippen LogP contribution in [0, 0.1) is 0 Å². The van der Waals surface area contributed by atoms with E-state index in [0.29, 0.717) is 10.0 Å². The van der Waals surface area contributed by atoms with Crippen molar-refractivity contribution >= 4 is 15.9 Å². The van der Waals surface area contributed by atoms with Crippen molar-refractivity contribution in [1.29, 1.82) is 0 Å². The predicted octanol–water partition coefficient (Wildman–Crippen LogP) is 4.02. The first-order valence-electron chi connectivity index (χ1n) is 5.13. The Morgan fingerprint density at radius 1 is 1.16 bits per heavy atom. The normalized spacial score (nSPS) is 13.3. The van der Waals surface area contributed by atoms with Gasteiger partial charge in [-0.2, -0.15) is 0 Å². The highest BCUT2D eigenvalue weighted by Gasteiger charge is 2.31. The standard InChI is InChI=1S/C12H8BrF3O3/c13-9-5-6-18-11(9)10(17)7-1-3-8(4-2-7)19-12(14,15)16/h1-6,10,17H. The number of ether oxygens (including phenoxy) is 1. The van der Waals surface area contributed by atoms with Crippen molar-refractivity contribution in [2.24, 2.45) is 0 Å². The number of hydrogen-bond donors (Lipinski definition) is 1. The fourth-order valence-electron chi connectivity index (χ4n) is 1.50. The molecule has 0 saturated heterocycles. The number of rotatable bonds is 3. The second-order valence-electron chi connectivity index (χ2n) is 3.65. The van der Waals surface area contributed by atoms with Gasteiger partial charge in [0.25, 0.3) is 0 Å². The average Bonchev–Trinajstić information content (AvgIpc) is 2.73. The van der Waals surface area contributed by atoms with Gasteiger partial charge in [-0.25, -0.2) is 0 Å². The van der Waals surface area contributed by atoms with Gasteiger partial charge >= 0.3 is 6.36 Å². The third-order valence-electron chi connectivity index (χ3n) is 2.32. The molecule has 2 aromatic rings. The topological polar surface area (TPSA) is 42.6 Å². The first-order chi connectivity index (χ1) is 8.87. The van der Waals surface area contributed by atoms with Gasteiger partial charge in [-0.1, -0.05) is 12.1 Å². The Morgan fingerprint density at radius 3 is 2.26 bits per heavy atom. The summed E-state index contributed by atoms with van der Waals surface area (Å²) in [5.74, 6) is -0.0635. The van der Waals surface area contributed by atoms with E-state index in [1.54, 1.807) is 6.07 Å². The fraction of sp³-hybridized carbons (Fsp3) is 0.167. The molecule has 0 radical (unpaired) electrons. The molecule has 1 heterocycles. The Kier molecular flexibility index (Phi) is 3.86. The van der Waals surface area contributed by atoms with Gasteiger partial charge in [0, 0.05) is 0 Å². The second-order valence-corrected chi connectivity index (χ2v) is 4.51. The molecule has 3 nitrogen and oxygen atoms in total. The van der Waals surface area contributed by atoms with Crippen molar-refractivity contribution in [3.8, 4) is 5.75 Å². The van der Waals surface area contributed by atoms with E-state index in [1.165, 1.54) is 18.4 Å². The zero-order chi connectivity index (χ0) is 14.0. The molecule has 0 fully saturated rings. The van der Waals surface area contributed by atoms with Gasteiger partial charge in [0.05, 0.1) is 10.7 Å². The molecule has 0 aliphatic rings. The fourth-order valence-corrected chi connectivity index (χ4v) is 1.92. The monoisotopic (exact) mass is 336 g/mol. The van der Waals surface area contributed by atoms with E-state index < -0.39 is 12.5 Å². The Bertz CT molecular complexity index is 548. The van der Waals surface area contributed by atoms with Gasteiger partial charge in [0.1, 0.15) is 11.9 Å². The van der Waals surface area contributed by atoms with Crippen molar-refractivity contribution < 1.29 is 27.4 Å². The van der Waals surface area contributed by atoms with Crippen molar-refractivity contribution in [2.45, 2.75) is 12.5 Å². The molecule has 1 aromatic carbocycles. The van der Waals surface area contributed by atoms with E-state index in [4.69, 9.17) is 4.42 Å². The number of alkyl halides is 3. The van der Waals surface area contributed by atoms with Crippen LogP contribution in [-0.2, 0) is 0 Å². The molecule has 1 unspecified atom stereocenters. The lowest BCUT2D eigenvalue weighted by Gasteiger charge is -2.11. The lowest BCUT2D eigenvalue weighted by molar-refractivity contribution is -0.274. The van der Waals surface area contributed by atoms with E-state index in [2.05, 4.69) is 20.7 Å². The minimum absolute atomic E-state index is 0.282. The van der Waals surface area contributed by atoms with Gasteiger partial charge in [0.15, 0.2) is 5.76 Å². The summed E-state index contributed by atoms with van der Waals surface area (Å²) in [6.07, 6.45) is -4.40. The molecule has 0 amide bonds. The Labute approximate surface area is 114 Å². The van der Waals surface area contributed by atoms with Gasteiger partial charge in [-0.05, 0) is 39.7 Å². The maximum absolute atomic E-state index is 12.0. The quantitative estimate of drug-likeness (QED) is 0.920. The largest absolute Gasteiger partial charge is 0.573 e. The summed E-state index contributed by atoms with van der Waals surface area (Å²) in [6, 6.07) is 6.53. The molecular formula is C12H8BrF3O3. The minimum atomic E-state index is -4.73. The third-order valence-corrected chi connectivity index (χ3v) is 2.98. The van der Waals surface area contributed by atoms with Crippen molar-refractivity contribution in [1.82, 2.24) is 0 Å². The molecule has 1 aromatic heterocycles. The average molecular weight is 337 g/mol. The van der Waals surface area contributed by atoms with Crippen LogP contribution in [-0.4, -0.2) is 11.5 Å². The molecule has 0 aliphatic heterocycles. The molecular weight excluding hydrogens is 329 g/mol. The van der Waals surface area contributed by atoms with Gasteiger partial charge < -0.3 is 14.3 Å². The van der Waals surface area contributed by atoms with Gasteiger partial charge in [-0.3, -0.25) is 0 Å². The van der Waals surface area contributed by atoms with Crippen LogP contribution in [0.15, 0.2) is 45.5 Å². The summed E-state index contributed by atoms with van der Waals surface area (Å²) in [5, 5.41) is 10.00. The molecule has 102 valence electrons. The molecule has 19 heavy (non-hydrogen) atoms. The molecule has 0 bridgehead atoms. The SMILES string of the molecule is OC(c1ccc(OC(F)(F)F)cc1)c1occc1Br. The van der Waals surface area contributed by atoms with Crippen LogP contribution >= 0.6 is 15.9 Å². The zero-order valence-corrected chi connectivity index (χ0v) is 10.9. The Hall–Kier alpha value is -1.47. The van der Waals surface area contributed by atoms with Crippen LogP contribution in [0.4, 0.5) is 13.2 Å². The van der Waals surface area contributed by atoms with E-state index in [9.17, 15) is 18.3 Å². The molecule has 2 rings (SSSR count). The smallest absolute Gasteiger partial charge is 0.465 e. The zero-order valence-electron chi connectivity index (χ0n) is 9.32. The Morgan fingerprint density at radius 2 is 1.79 bits per heavy atom. The maximum atomic E-state index is 12.0. The first kappa shape index (κ1) is 14.0. The Balaban J connectivity index is 2.17. The summed E-state index contributed by atoms with van der Waals surface area (Å²) >= 11 is 3.19. The molecule has 1 atom stereocenters. The third kappa shape index (κ3) is 3.51. The summed E-state index contributed by atoms with van der Waals surface area (Å²) in [7, 11) is 0. The highest BCUT2D eigenvalue weighted by atomic mass is 79.9. The van der Waals surface area contributed by atoms with Crippen molar-refractivity contribution in [3.05, 3.63) is 52.4 Å².